The van der Waals surface area contributed by atoms with Crippen LogP contribution in [0.4, 0.5) is 5.69 Å². The molecule has 0 aliphatic heterocycles. The molecule has 0 spiro atoms. The maximum Gasteiger partial charge on any atom is 0.255 e. The van der Waals surface area contributed by atoms with Gasteiger partial charge in [0.15, 0.2) is 0 Å². The number of aromatic amines is 1. The summed E-state index contributed by atoms with van der Waals surface area (Å²) in [5, 5.41) is 4.00. The van der Waals surface area contributed by atoms with Gasteiger partial charge in [0, 0.05) is 35.4 Å². The second-order valence-corrected chi connectivity index (χ2v) is 7.66. The smallest absolute Gasteiger partial charge is 0.255 e. The van der Waals surface area contributed by atoms with E-state index in [4.69, 9.17) is 0 Å². The van der Waals surface area contributed by atoms with Gasteiger partial charge in [-0.25, -0.2) is 0 Å². The van der Waals surface area contributed by atoms with E-state index in [2.05, 4.69) is 10.3 Å². The van der Waals surface area contributed by atoms with Crippen LogP contribution in [-0.2, 0) is 11.2 Å². The Bertz CT molecular complexity index is 1210. The molecule has 31 heavy (non-hydrogen) atoms. The van der Waals surface area contributed by atoms with Crippen LogP contribution in [0.5, 0.6) is 0 Å². The van der Waals surface area contributed by atoms with Gasteiger partial charge in [0.2, 0.25) is 5.91 Å². The SMILES string of the molecule is CC(c1cccc(NC(=O)c2ccccc2)c1)N(C)C(=O)Cc1c[nH]c2ccccc12. The topological polar surface area (TPSA) is 65.2 Å². The molecule has 5 heteroatoms. The number of anilines is 1. The fourth-order valence-electron chi connectivity index (χ4n) is 3.67. The molecule has 0 radical (unpaired) electrons. The Balaban J connectivity index is 1.45. The number of amides is 2. The Morgan fingerprint density at radius 3 is 2.52 bits per heavy atom. The molecule has 1 unspecified atom stereocenters. The molecule has 2 N–H and O–H groups in total. The average molecular weight is 412 g/mol. The van der Waals surface area contributed by atoms with Gasteiger partial charge in [0.05, 0.1) is 12.5 Å². The first kappa shape index (κ1) is 20.4. The zero-order valence-corrected chi connectivity index (χ0v) is 17.6. The molecule has 1 atom stereocenters. The Labute approximate surface area is 181 Å². The number of para-hydroxylation sites is 1. The number of hydrogen-bond donors (Lipinski definition) is 2. The van der Waals surface area contributed by atoms with Crippen molar-refractivity contribution in [2.75, 3.05) is 12.4 Å². The highest BCUT2D eigenvalue weighted by Gasteiger charge is 2.19. The highest BCUT2D eigenvalue weighted by molar-refractivity contribution is 6.04. The molecule has 4 aromatic rings. The molecular weight excluding hydrogens is 386 g/mol. The first-order chi connectivity index (χ1) is 15.0. The minimum Gasteiger partial charge on any atom is -0.361 e. The molecule has 0 saturated carbocycles. The summed E-state index contributed by atoms with van der Waals surface area (Å²) in [6.45, 7) is 1.99. The van der Waals surface area contributed by atoms with Crippen molar-refractivity contribution < 1.29 is 9.59 Å². The molecule has 3 aromatic carbocycles. The molecule has 5 nitrogen and oxygen atoms in total. The van der Waals surface area contributed by atoms with Gasteiger partial charge in [-0.15, -0.1) is 0 Å². The number of H-pyrrole nitrogens is 1. The summed E-state index contributed by atoms with van der Waals surface area (Å²) in [6.07, 6.45) is 2.23. The molecule has 0 aliphatic rings. The van der Waals surface area contributed by atoms with Gasteiger partial charge in [-0.2, -0.15) is 0 Å². The number of carbonyl (C=O) groups excluding carboxylic acids is 2. The van der Waals surface area contributed by atoms with Crippen molar-refractivity contribution >= 4 is 28.4 Å². The molecule has 0 aliphatic carbocycles. The van der Waals surface area contributed by atoms with E-state index in [1.165, 1.54) is 0 Å². The summed E-state index contributed by atoms with van der Waals surface area (Å²) in [5.74, 6) is -0.120. The van der Waals surface area contributed by atoms with Crippen molar-refractivity contribution in [3.05, 3.63) is 102 Å². The molecule has 0 saturated heterocycles. The molecule has 0 fully saturated rings. The maximum atomic E-state index is 13.0. The van der Waals surface area contributed by atoms with E-state index in [0.717, 1.165) is 22.0 Å². The van der Waals surface area contributed by atoms with Gasteiger partial charge < -0.3 is 15.2 Å². The summed E-state index contributed by atoms with van der Waals surface area (Å²) in [7, 11) is 1.82. The van der Waals surface area contributed by atoms with E-state index >= 15 is 0 Å². The number of likely N-dealkylation sites (N-methyl/N-ethyl adjacent to an activating group) is 1. The van der Waals surface area contributed by atoms with Gasteiger partial charge in [-0.1, -0.05) is 48.5 Å². The fourth-order valence-corrected chi connectivity index (χ4v) is 3.67. The number of carbonyl (C=O) groups is 2. The largest absolute Gasteiger partial charge is 0.361 e. The first-order valence-electron chi connectivity index (χ1n) is 10.3. The Hall–Kier alpha value is -3.86. The van der Waals surface area contributed by atoms with Gasteiger partial charge in [0.25, 0.3) is 5.91 Å². The maximum absolute atomic E-state index is 13.0. The lowest BCUT2D eigenvalue weighted by atomic mass is 10.0. The normalized spacial score (nSPS) is 11.8. The van der Waals surface area contributed by atoms with Crippen LogP contribution in [0.15, 0.2) is 85.1 Å². The van der Waals surface area contributed by atoms with Crippen molar-refractivity contribution in [1.82, 2.24) is 9.88 Å². The van der Waals surface area contributed by atoms with E-state index in [9.17, 15) is 9.59 Å². The summed E-state index contributed by atoms with van der Waals surface area (Å²) >= 11 is 0. The summed E-state index contributed by atoms with van der Waals surface area (Å²) in [4.78, 5) is 30.4. The Morgan fingerprint density at radius 2 is 1.71 bits per heavy atom. The van der Waals surface area contributed by atoms with Crippen LogP contribution in [0, 0.1) is 0 Å². The second kappa shape index (κ2) is 8.88. The van der Waals surface area contributed by atoms with Gasteiger partial charge in [-0.05, 0) is 48.4 Å². The fraction of sp³-hybridized carbons (Fsp3) is 0.154. The van der Waals surface area contributed by atoms with Crippen LogP contribution in [-0.4, -0.2) is 28.7 Å². The minimum absolute atomic E-state index is 0.0379. The summed E-state index contributed by atoms with van der Waals surface area (Å²) < 4.78 is 0. The van der Waals surface area contributed by atoms with Crippen LogP contribution >= 0.6 is 0 Å². The molecule has 156 valence electrons. The van der Waals surface area contributed by atoms with Crippen LogP contribution in [0.3, 0.4) is 0 Å². The van der Waals surface area contributed by atoms with Crippen molar-refractivity contribution in [1.29, 1.82) is 0 Å². The lowest BCUT2D eigenvalue weighted by Gasteiger charge is -2.26. The highest BCUT2D eigenvalue weighted by Crippen LogP contribution is 2.24. The molecule has 2 amide bonds. The van der Waals surface area contributed by atoms with E-state index in [1.54, 1.807) is 17.0 Å². The third kappa shape index (κ3) is 4.51. The zero-order valence-electron chi connectivity index (χ0n) is 17.6. The lowest BCUT2D eigenvalue weighted by Crippen LogP contribution is -2.31. The second-order valence-electron chi connectivity index (χ2n) is 7.66. The number of aromatic nitrogens is 1. The van der Waals surface area contributed by atoms with Crippen molar-refractivity contribution in [2.24, 2.45) is 0 Å². The van der Waals surface area contributed by atoms with Crippen molar-refractivity contribution in [2.45, 2.75) is 19.4 Å². The number of rotatable bonds is 6. The van der Waals surface area contributed by atoms with Crippen LogP contribution in [0.25, 0.3) is 10.9 Å². The predicted octanol–water partition coefficient (Wildman–Crippen LogP) is 5.18. The third-order valence-electron chi connectivity index (χ3n) is 5.65. The number of fused-ring (bicyclic) bond motifs is 1. The van der Waals surface area contributed by atoms with E-state index in [0.29, 0.717) is 17.7 Å². The van der Waals surface area contributed by atoms with Gasteiger partial charge in [-0.3, -0.25) is 9.59 Å². The third-order valence-corrected chi connectivity index (χ3v) is 5.65. The highest BCUT2D eigenvalue weighted by atomic mass is 16.2. The van der Waals surface area contributed by atoms with Crippen LogP contribution in [0.1, 0.15) is 34.5 Å². The number of nitrogens with zero attached hydrogens (tertiary/aromatic N) is 1. The number of hydrogen-bond acceptors (Lipinski definition) is 2. The van der Waals surface area contributed by atoms with Gasteiger partial charge >= 0.3 is 0 Å². The Kier molecular flexibility index (Phi) is 5.85. The quantitative estimate of drug-likeness (QED) is 0.459. The van der Waals surface area contributed by atoms with E-state index in [1.807, 2.05) is 86.9 Å². The number of nitrogens with one attached hydrogen (secondary N) is 2. The average Bonchev–Trinajstić information content (AvgIpc) is 3.21. The zero-order chi connectivity index (χ0) is 21.8. The monoisotopic (exact) mass is 411 g/mol. The summed E-state index contributed by atoms with van der Waals surface area (Å²) in [6, 6.07) is 24.6. The first-order valence-corrected chi connectivity index (χ1v) is 10.3. The number of benzene rings is 3. The molecule has 0 bridgehead atoms. The molecule has 4 rings (SSSR count). The van der Waals surface area contributed by atoms with E-state index in [-0.39, 0.29) is 17.9 Å². The van der Waals surface area contributed by atoms with Crippen LogP contribution < -0.4 is 5.32 Å². The van der Waals surface area contributed by atoms with Crippen molar-refractivity contribution in [3.63, 3.8) is 0 Å². The predicted molar refractivity (Wildman–Crippen MR) is 124 cm³/mol. The molecule has 1 aromatic heterocycles. The standard InChI is InChI=1S/C26H25N3O2/c1-18(29(2)25(30)16-21-17-27-24-14-7-6-13-23(21)24)20-11-8-12-22(15-20)28-26(31)19-9-4-3-5-10-19/h3-15,17-18,27H,16H2,1-2H3,(H,28,31). The Morgan fingerprint density at radius 1 is 0.968 bits per heavy atom. The lowest BCUT2D eigenvalue weighted by molar-refractivity contribution is -0.131. The summed E-state index contributed by atoms with van der Waals surface area (Å²) in [5.41, 5.74) is 4.29. The molecular formula is C26H25N3O2. The van der Waals surface area contributed by atoms with Crippen LogP contribution in [0.2, 0.25) is 0 Å². The minimum atomic E-state index is -0.158. The van der Waals surface area contributed by atoms with E-state index < -0.39 is 0 Å². The van der Waals surface area contributed by atoms with Gasteiger partial charge in [0.1, 0.15) is 0 Å². The van der Waals surface area contributed by atoms with Crippen molar-refractivity contribution in [3.8, 4) is 0 Å². The molecule has 1 heterocycles.